The second-order valence-electron chi connectivity index (χ2n) is 16.5. The summed E-state index contributed by atoms with van der Waals surface area (Å²) in [6.07, 6.45) is 42.9. The molecule has 5 fully saturated rings. The van der Waals surface area contributed by atoms with Gasteiger partial charge in [0.2, 0.25) is 0 Å². The van der Waals surface area contributed by atoms with Gasteiger partial charge in [-0.05, 0) is 144 Å². The average molecular weight is 547 g/mol. The van der Waals surface area contributed by atoms with Crippen LogP contribution in [0.15, 0.2) is 0 Å². The molecule has 40 heavy (non-hydrogen) atoms. The molecule has 0 bridgehead atoms. The molecule has 0 amide bonds. The molecule has 5 aliphatic rings. The SMILES string of the molecule is C#CC1(C)CCC(C2CCC(C)CC2)CC1.C#CC1(CCC2CCC(C)CC2)CCC(C2CCC(C)CC2)CC1. The van der Waals surface area contributed by atoms with Crippen LogP contribution in [0.2, 0.25) is 0 Å². The normalized spacial score (nSPS) is 44.4. The number of terminal acetylenes is 2. The molecular weight excluding hydrogens is 480 g/mol. The van der Waals surface area contributed by atoms with Crippen molar-refractivity contribution >= 4 is 0 Å². The Hall–Kier alpha value is -0.880. The van der Waals surface area contributed by atoms with Gasteiger partial charge in [-0.3, -0.25) is 0 Å². The lowest BCUT2D eigenvalue weighted by atomic mass is 9.63. The second kappa shape index (κ2) is 15.0. The topological polar surface area (TPSA) is 0 Å². The van der Waals surface area contributed by atoms with E-state index in [1.807, 2.05) is 0 Å². The van der Waals surface area contributed by atoms with E-state index in [4.69, 9.17) is 12.8 Å². The first-order valence-electron chi connectivity index (χ1n) is 18.2. The maximum absolute atomic E-state index is 6.07. The van der Waals surface area contributed by atoms with E-state index in [2.05, 4.69) is 39.5 Å². The molecule has 0 heterocycles. The fourth-order valence-corrected chi connectivity index (χ4v) is 9.64. The Morgan fingerprint density at radius 2 is 0.875 bits per heavy atom. The summed E-state index contributed by atoms with van der Waals surface area (Å²) < 4.78 is 0. The van der Waals surface area contributed by atoms with Crippen molar-refractivity contribution in [2.45, 2.75) is 169 Å². The predicted molar refractivity (Wildman–Crippen MR) is 175 cm³/mol. The summed E-state index contributed by atoms with van der Waals surface area (Å²) in [6, 6.07) is 0. The highest BCUT2D eigenvalue weighted by Gasteiger charge is 2.38. The van der Waals surface area contributed by atoms with Crippen LogP contribution in [0, 0.1) is 82.9 Å². The Balaban J connectivity index is 0.000000201. The molecule has 0 nitrogen and oxygen atoms in total. The van der Waals surface area contributed by atoms with E-state index in [0.29, 0.717) is 0 Å². The minimum Gasteiger partial charge on any atom is -0.120 e. The summed E-state index contributed by atoms with van der Waals surface area (Å²) in [5.41, 5.74) is 0.486. The Morgan fingerprint density at radius 1 is 0.500 bits per heavy atom. The van der Waals surface area contributed by atoms with E-state index in [1.54, 1.807) is 0 Å². The minimum atomic E-state index is 0.221. The maximum Gasteiger partial charge on any atom is 0.0312 e. The molecule has 0 N–H and O–H groups in total. The highest BCUT2D eigenvalue weighted by atomic mass is 14.4. The summed E-state index contributed by atoms with van der Waals surface area (Å²) in [4.78, 5) is 0. The largest absolute Gasteiger partial charge is 0.120 e. The highest BCUT2D eigenvalue weighted by molar-refractivity contribution is 5.08. The third kappa shape index (κ3) is 9.06. The van der Waals surface area contributed by atoms with Crippen molar-refractivity contribution in [1.82, 2.24) is 0 Å². The van der Waals surface area contributed by atoms with Crippen molar-refractivity contribution in [2.75, 3.05) is 0 Å². The van der Waals surface area contributed by atoms with Gasteiger partial charge in [0.05, 0.1) is 0 Å². The Bertz CT molecular complexity index is 795. The van der Waals surface area contributed by atoms with Crippen LogP contribution in [0.4, 0.5) is 0 Å². The number of rotatable bonds is 5. The molecule has 5 saturated carbocycles. The molecule has 0 unspecified atom stereocenters. The molecule has 5 aliphatic carbocycles. The minimum absolute atomic E-state index is 0.221. The highest BCUT2D eigenvalue weighted by Crippen LogP contribution is 2.49. The van der Waals surface area contributed by atoms with Gasteiger partial charge in [0, 0.05) is 10.8 Å². The molecule has 0 atom stereocenters. The molecule has 226 valence electrons. The fourth-order valence-electron chi connectivity index (χ4n) is 9.64. The molecule has 0 aromatic carbocycles. The first-order chi connectivity index (χ1) is 19.2. The molecule has 0 spiro atoms. The average Bonchev–Trinajstić information content (AvgIpc) is 2.99. The van der Waals surface area contributed by atoms with Crippen LogP contribution in [0.1, 0.15) is 169 Å². The van der Waals surface area contributed by atoms with Gasteiger partial charge in [-0.1, -0.05) is 78.1 Å². The monoisotopic (exact) mass is 547 g/mol. The Kier molecular flexibility index (Phi) is 12.0. The van der Waals surface area contributed by atoms with E-state index in [1.165, 1.54) is 141 Å². The first-order valence-corrected chi connectivity index (χ1v) is 18.2. The standard InChI is InChI=1S/C24H40.C16H26/c1-4-24(16-13-21-9-5-19(2)6-10-21)17-14-23(15-18-24)22-11-7-20(3)8-12-22;1-4-16(3)11-9-15(10-12-16)14-7-5-13(2)6-8-14/h1,19-23H,5-18H2,2-3H3;1,13-15H,5-12H2,2-3H3. The zero-order valence-corrected chi connectivity index (χ0v) is 27.3. The van der Waals surface area contributed by atoms with Crippen LogP contribution in [0.25, 0.3) is 0 Å². The fraction of sp³-hybridized carbons (Fsp3) is 0.900. The van der Waals surface area contributed by atoms with Crippen molar-refractivity contribution in [3.63, 3.8) is 0 Å². The summed E-state index contributed by atoms with van der Waals surface area (Å²) in [5.74, 6) is 14.3. The van der Waals surface area contributed by atoms with Crippen LogP contribution in [0.5, 0.6) is 0 Å². The van der Waals surface area contributed by atoms with Crippen molar-refractivity contribution in [1.29, 1.82) is 0 Å². The first kappa shape index (κ1) is 32.0. The molecular formula is C40H66. The van der Waals surface area contributed by atoms with E-state index in [-0.39, 0.29) is 10.8 Å². The van der Waals surface area contributed by atoms with E-state index in [0.717, 1.165) is 47.3 Å². The summed E-state index contributed by atoms with van der Waals surface area (Å²) >= 11 is 0. The third-order valence-electron chi connectivity index (χ3n) is 13.4. The molecule has 0 heteroatoms. The van der Waals surface area contributed by atoms with E-state index in [9.17, 15) is 0 Å². The lowest BCUT2D eigenvalue weighted by Gasteiger charge is -2.42. The smallest absolute Gasteiger partial charge is 0.0312 e. The summed E-state index contributed by atoms with van der Waals surface area (Å²) in [5, 5.41) is 0. The number of hydrogen-bond donors (Lipinski definition) is 0. The van der Waals surface area contributed by atoms with Crippen molar-refractivity contribution in [3.05, 3.63) is 0 Å². The maximum atomic E-state index is 6.07. The van der Waals surface area contributed by atoms with Crippen LogP contribution in [-0.4, -0.2) is 0 Å². The van der Waals surface area contributed by atoms with Gasteiger partial charge < -0.3 is 0 Å². The van der Waals surface area contributed by atoms with E-state index >= 15 is 0 Å². The van der Waals surface area contributed by atoms with Gasteiger partial charge in [-0.25, -0.2) is 0 Å². The van der Waals surface area contributed by atoms with Gasteiger partial charge in [-0.2, -0.15) is 0 Å². The van der Waals surface area contributed by atoms with Gasteiger partial charge >= 0.3 is 0 Å². The van der Waals surface area contributed by atoms with Crippen LogP contribution >= 0.6 is 0 Å². The third-order valence-corrected chi connectivity index (χ3v) is 13.4. The predicted octanol–water partition coefficient (Wildman–Crippen LogP) is 11.9. The summed E-state index contributed by atoms with van der Waals surface area (Å²) in [7, 11) is 0. The van der Waals surface area contributed by atoms with E-state index < -0.39 is 0 Å². The van der Waals surface area contributed by atoms with Gasteiger partial charge in [0.1, 0.15) is 0 Å². The molecule has 0 saturated heterocycles. The lowest BCUT2D eigenvalue weighted by molar-refractivity contribution is 0.114. The molecule has 0 aromatic rings. The van der Waals surface area contributed by atoms with Crippen molar-refractivity contribution in [2.24, 2.45) is 58.2 Å². The summed E-state index contributed by atoms with van der Waals surface area (Å²) in [6.45, 7) is 9.54. The van der Waals surface area contributed by atoms with Crippen LogP contribution < -0.4 is 0 Å². The molecule has 0 aliphatic heterocycles. The Morgan fingerprint density at radius 3 is 1.27 bits per heavy atom. The van der Waals surface area contributed by atoms with Crippen molar-refractivity contribution in [3.8, 4) is 24.7 Å². The molecule has 5 rings (SSSR count). The van der Waals surface area contributed by atoms with Crippen LogP contribution in [-0.2, 0) is 0 Å². The quantitative estimate of drug-likeness (QED) is 0.301. The van der Waals surface area contributed by atoms with Gasteiger partial charge in [0.15, 0.2) is 0 Å². The zero-order chi connectivity index (χ0) is 28.6. The number of hydrogen-bond acceptors (Lipinski definition) is 0. The van der Waals surface area contributed by atoms with Crippen LogP contribution in [0.3, 0.4) is 0 Å². The van der Waals surface area contributed by atoms with Gasteiger partial charge in [0.25, 0.3) is 0 Å². The lowest BCUT2D eigenvalue weighted by Crippen LogP contribution is -2.31. The zero-order valence-electron chi connectivity index (χ0n) is 27.3. The van der Waals surface area contributed by atoms with Gasteiger partial charge in [-0.15, -0.1) is 18.8 Å². The molecule has 0 radical (unpaired) electrons. The molecule has 0 aromatic heterocycles. The van der Waals surface area contributed by atoms with Crippen molar-refractivity contribution < 1.29 is 0 Å². The second-order valence-corrected chi connectivity index (χ2v) is 16.5. The Labute approximate surface area is 251 Å².